The van der Waals surface area contributed by atoms with Crippen molar-refractivity contribution in [3.63, 3.8) is 0 Å². The molecule has 0 fully saturated rings. The van der Waals surface area contributed by atoms with E-state index in [4.69, 9.17) is 6.57 Å². The monoisotopic (exact) mass is 233 g/mol. The molecule has 86 valence electrons. The molecule has 0 spiro atoms. The van der Waals surface area contributed by atoms with Crippen LogP contribution in [0.5, 0.6) is 0 Å². The van der Waals surface area contributed by atoms with Crippen LogP contribution in [0.3, 0.4) is 0 Å². The molecule has 0 amide bonds. The third-order valence-corrected chi connectivity index (χ3v) is 2.53. The number of para-hydroxylation sites is 1. The maximum absolute atomic E-state index is 11.9. The summed E-state index contributed by atoms with van der Waals surface area (Å²) >= 11 is 0. The van der Waals surface area contributed by atoms with Crippen molar-refractivity contribution in [3.05, 3.63) is 83.2 Å². The molecule has 2 nitrogen and oxygen atoms in total. The van der Waals surface area contributed by atoms with Crippen LogP contribution in [-0.4, -0.2) is 5.78 Å². The highest BCUT2D eigenvalue weighted by molar-refractivity contribution is 6.07. The van der Waals surface area contributed by atoms with Crippen molar-refractivity contribution in [1.82, 2.24) is 0 Å². The van der Waals surface area contributed by atoms with Crippen molar-refractivity contribution in [1.29, 1.82) is 0 Å². The van der Waals surface area contributed by atoms with Crippen LogP contribution in [0.25, 0.3) is 10.9 Å². The second kappa shape index (κ2) is 5.60. The number of carbonyl (C=O) groups excluding carboxylic acids is 1. The molecule has 2 aromatic rings. The van der Waals surface area contributed by atoms with Gasteiger partial charge in [0.1, 0.15) is 0 Å². The summed E-state index contributed by atoms with van der Waals surface area (Å²) in [7, 11) is 0. The summed E-state index contributed by atoms with van der Waals surface area (Å²) in [5.41, 5.74) is 1.96. The first-order valence-electron chi connectivity index (χ1n) is 5.55. The molecule has 0 aliphatic carbocycles. The zero-order valence-corrected chi connectivity index (χ0v) is 9.71. The summed E-state index contributed by atoms with van der Waals surface area (Å²) in [5.74, 6) is -0.0598. The minimum Gasteiger partial charge on any atom is -0.289 e. The van der Waals surface area contributed by atoms with Gasteiger partial charge in [0.2, 0.25) is 0 Å². The van der Waals surface area contributed by atoms with E-state index in [0.717, 1.165) is 5.56 Å². The Morgan fingerprint density at radius 1 is 1.00 bits per heavy atom. The zero-order chi connectivity index (χ0) is 12.8. The SMILES string of the molecule is [C-]#[N+]c1ccccc1/C=C/C(=O)c1ccccc1. The van der Waals surface area contributed by atoms with E-state index < -0.39 is 0 Å². The fourth-order valence-corrected chi connectivity index (χ4v) is 1.59. The molecule has 0 unspecified atom stereocenters. The molecule has 18 heavy (non-hydrogen) atoms. The summed E-state index contributed by atoms with van der Waals surface area (Å²) in [6, 6.07) is 16.3. The largest absolute Gasteiger partial charge is 0.289 e. The minimum atomic E-state index is -0.0598. The van der Waals surface area contributed by atoms with Gasteiger partial charge in [0.15, 0.2) is 11.5 Å². The molecule has 0 saturated carbocycles. The van der Waals surface area contributed by atoms with Crippen LogP contribution in [-0.2, 0) is 0 Å². The maximum Gasteiger partial charge on any atom is 0.194 e. The topological polar surface area (TPSA) is 21.4 Å². The van der Waals surface area contributed by atoms with Crippen LogP contribution < -0.4 is 0 Å². The van der Waals surface area contributed by atoms with Crippen LogP contribution in [0.15, 0.2) is 60.7 Å². The van der Waals surface area contributed by atoms with E-state index in [1.165, 1.54) is 6.08 Å². The van der Waals surface area contributed by atoms with E-state index in [9.17, 15) is 4.79 Å². The number of allylic oxidation sites excluding steroid dienone is 1. The summed E-state index contributed by atoms with van der Waals surface area (Å²) in [5, 5.41) is 0. The van der Waals surface area contributed by atoms with Gasteiger partial charge in [-0.3, -0.25) is 4.79 Å². The normalized spacial score (nSPS) is 10.2. The second-order valence-electron chi connectivity index (χ2n) is 3.73. The lowest BCUT2D eigenvalue weighted by Gasteiger charge is -1.97. The Labute approximate surface area is 106 Å². The van der Waals surface area contributed by atoms with Crippen LogP contribution in [0.1, 0.15) is 15.9 Å². The summed E-state index contributed by atoms with van der Waals surface area (Å²) in [4.78, 5) is 15.3. The van der Waals surface area contributed by atoms with Crippen LogP contribution >= 0.6 is 0 Å². The van der Waals surface area contributed by atoms with E-state index in [1.807, 2.05) is 36.4 Å². The van der Waals surface area contributed by atoms with Gasteiger partial charge < -0.3 is 0 Å². The van der Waals surface area contributed by atoms with Gasteiger partial charge >= 0.3 is 0 Å². The quantitative estimate of drug-likeness (QED) is 0.443. The maximum atomic E-state index is 11.9. The molecule has 0 bridgehead atoms. The zero-order valence-electron chi connectivity index (χ0n) is 9.71. The van der Waals surface area contributed by atoms with E-state index >= 15 is 0 Å². The van der Waals surface area contributed by atoms with E-state index in [2.05, 4.69) is 4.85 Å². The number of carbonyl (C=O) groups is 1. The lowest BCUT2D eigenvalue weighted by atomic mass is 10.1. The molecule has 0 aliphatic heterocycles. The van der Waals surface area contributed by atoms with Gasteiger partial charge in [0.25, 0.3) is 0 Å². The molecule has 2 aromatic carbocycles. The highest BCUT2D eigenvalue weighted by Crippen LogP contribution is 2.19. The van der Waals surface area contributed by atoms with Crippen molar-refractivity contribution in [2.24, 2.45) is 0 Å². The van der Waals surface area contributed by atoms with Gasteiger partial charge in [0, 0.05) is 5.56 Å². The van der Waals surface area contributed by atoms with Gasteiger partial charge in [-0.15, -0.1) is 0 Å². The van der Waals surface area contributed by atoms with Crippen LogP contribution in [0.2, 0.25) is 0 Å². The summed E-state index contributed by atoms with van der Waals surface area (Å²) in [6.07, 6.45) is 3.18. The molecule has 0 saturated heterocycles. The Bertz CT molecular complexity index is 621. The first-order chi connectivity index (χ1) is 8.81. The molecule has 0 aliphatic rings. The third-order valence-electron chi connectivity index (χ3n) is 2.53. The van der Waals surface area contributed by atoms with Gasteiger partial charge in [-0.25, -0.2) is 4.85 Å². The Hall–Kier alpha value is -2.66. The van der Waals surface area contributed by atoms with Crippen LogP contribution in [0.4, 0.5) is 5.69 Å². The number of rotatable bonds is 3. The van der Waals surface area contributed by atoms with Crippen molar-refractivity contribution >= 4 is 17.5 Å². The van der Waals surface area contributed by atoms with Crippen molar-refractivity contribution in [2.45, 2.75) is 0 Å². The minimum absolute atomic E-state index is 0.0598. The number of benzene rings is 2. The smallest absolute Gasteiger partial charge is 0.194 e. The average molecular weight is 233 g/mol. The molecule has 0 radical (unpaired) electrons. The van der Waals surface area contributed by atoms with Gasteiger partial charge in [-0.2, -0.15) is 0 Å². The molecule has 0 N–H and O–H groups in total. The molecule has 0 atom stereocenters. The predicted molar refractivity (Wildman–Crippen MR) is 72.5 cm³/mol. The first kappa shape index (κ1) is 11.8. The molecule has 2 heteroatoms. The first-order valence-corrected chi connectivity index (χ1v) is 5.55. The Balaban J connectivity index is 2.22. The number of hydrogen-bond acceptors (Lipinski definition) is 1. The average Bonchev–Trinajstić information content (AvgIpc) is 2.46. The lowest BCUT2D eigenvalue weighted by Crippen LogP contribution is -1.92. The summed E-state index contributed by atoms with van der Waals surface area (Å²) in [6.45, 7) is 7.04. The number of nitrogens with zero attached hydrogens (tertiary/aromatic N) is 1. The molecule has 0 heterocycles. The van der Waals surface area contributed by atoms with E-state index in [-0.39, 0.29) is 5.78 Å². The third kappa shape index (κ3) is 2.72. The fourth-order valence-electron chi connectivity index (χ4n) is 1.59. The van der Waals surface area contributed by atoms with Crippen LogP contribution in [0, 0.1) is 6.57 Å². The Kier molecular flexibility index (Phi) is 3.68. The van der Waals surface area contributed by atoms with Gasteiger partial charge in [0.05, 0.1) is 6.57 Å². The van der Waals surface area contributed by atoms with Gasteiger partial charge in [-0.1, -0.05) is 60.7 Å². The summed E-state index contributed by atoms with van der Waals surface area (Å²) < 4.78 is 0. The molecular weight excluding hydrogens is 222 g/mol. The highest BCUT2D eigenvalue weighted by atomic mass is 16.1. The van der Waals surface area contributed by atoms with Crippen molar-refractivity contribution in [2.75, 3.05) is 0 Å². The second-order valence-corrected chi connectivity index (χ2v) is 3.73. The molecular formula is C16H11NO. The van der Waals surface area contributed by atoms with E-state index in [1.54, 1.807) is 24.3 Å². The number of hydrogen-bond donors (Lipinski definition) is 0. The fraction of sp³-hybridized carbons (Fsp3) is 0. The molecule has 0 aromatic heterocycles. The lowest BCUT2D eigenvalue weighted by molar-refractivity contribution is 0.104. The standard InChI is InChI=1S/C16H11NO/c1-17-15-10-6-5-7-13(15)11-12-16(18)14-8-3-2-4-9-14/h2-12H/b12-11+. The Morgan fingerprint density at radius 2 is 1.67 bits per heavy atom. The van der Waals surface area contributed by atoms with Crippen molar-refractivity contribution in [3.8, 4) is 0 Å². The number of ketones is 1. The van der Waals surface area contributed by atoms with Crippen molar-refractivity contribution < 1.29 is 4.79 Å². The predicted octanol–water partition coefficient (Wildman–Crippen LogP) is 4.13. The van der Waals surface area contributed by atoms with E-state index in [0.29, 0.717) is 11.3 Å². The molecule has 2 rings (SSSR count). The van der Waals surface area contributed by atoms with Gasteiger partial charge in [-0.05, 0) is 11.6 Å². The Morgan fingerprint density at radius 3 is 2.39 bits per heavy atom. The highest BCUT2D eigenvalue weighted by Gasteiger charge is 2.01.